The molecule has 1 aromatic carbocycles. The number of amides is 2. The van der Waals surface area contributed by atoms with Crippen molar-refractivity contribution in [2.75, 3.05) is 18.5 Å². The Kier molecular flexibility index (Phi) is 4.73. The van der Waals surface area contributed by atoms with Gasteiger partial charge in [0.05, 0.1) is 22.9 Å². The van der Waals surface area contributed by atoms with E-state index >= 15 is 0 Å². The summed E-state index contributed by atoms with van der Waals surface area (Å²) >= 11 is 0. The second-order valence-corrected chi connectivity index (χ2v) is 7.08. The first-order valence-electron chi connectivity index (χ1n) is 9.20. The average molecular weight is 363 g/mol. The van der Waals surface area contributed by atoms with Crippen LogP contribution in [-0.2, 0) is 10.3 Å². The second kappa shape index (κ2) is 7.33. The van der Waals surface area contributed by atoms with Gasteiger partial charge in [-0.3, -0.25) is 5.32 Å². The largest absolute Gasteiger partial charge is 0.381 e. The maximum Gasteiger partial charge on any atom is 0.321 e. The van der Waals surface area contributed by atoms with Crippen LogP contribution in [0, 0.1) is 11.3 Å². The minimum atomic E-state index is -0.530. The molecule has 1 saturated carbocycles. The molecule has 4 rings (SSSR count). The van der Waals surface area contributed by atoms with Crippen LogP contribution in [0.3, 0.4) is 0 Å². The Hall–Kier alpha value is -2.98. The number of rotatable bonds is 4. The van der Waals surface area contributed by atoms with Gasteiger partial charge < -0.3 is 10.1 Å². The molecule has 2 N–H and O–H groups in total. The molecule has 0 bridgehead atoms. The minimum Gasteiger partial charge on any atom is -0.381 e. The Balaban J connectivity index is 1.48. The lowest BCUT2D eigenvalue weighted by Gasteiger charge is -2.38. The molecule has 7 heteroatoms. The summed E-state index contributed by atoms with van der Waals surface area (Å²) in [6.45, 7) is 1.13. The highest BCUT2D eigenvalue weighted by molar-refractivity contribution is 5.88. The van der Waals surface area contributed by atoms with Gasteiger partial charge in [0.2, 0.25) is 0 Å². The number of benzene rings is 1. The van der Waals surface area contributed by atoms with E-state index in [1.807, 2.05) is 18.2 Å². The van der Waals surface area contributed by atoms with Crippen LogP contribution >= 0.6 is 0 Å². The lowest BCUT2D eigenvalue weighted by Crippen LogP contribution is -2.51. The first-order chi connectivity index (χ1) is 13.2. The Bertz CT molecular complexity index is 847. The number of urea groups is 1. The summed E-state index contributed by atoms with van der Waals surface area (Å²) in [7, 11) is 0. The fraction of sp³-hybridized carbons (Fsp3) is 0.400. The monoisotopic (exact) mass is 363 g/mol. The maximum atomic E-state index is 12.6. The van der Waals surface area contributed by atoms with Gasteiger partial charge in [-0.15, -0.1) is 5.10 Å². The molecule has 2 fully saturated rings. The molecule has 0 radical (unpaired) electrons. The molecular formula is C20H21N5O2. The summed E-state index contributed by atoms with van der Waals surface area (Å²) < 4.78 is 5.49. The van der Waals surface area contributed by atoms with Gasteiger partial charge in [-0.1, -0.05) is 12.1 Å². The van der Waals surface area contributed by atoms with Gasteiger partial charge in [0.25, 0.3) is 0 Å². The third-order valence-corrected chi connectivity index (χ3v) is 5.19. The molecule has 1 saturated heterocycles. The molecule has 138 valence electrons. The van der Waals surface area contributed by atoms with Crippen LogP contribution < -0.4 is 10.6 Å². The average Bonchev–Trinajstić information content (AvgIpc) is 3.54. The highest BCUT2D eigenvalue weighted by atomic mass is 16.5. The number of aromatic nitrogens is 2. The number of carbonyl (C=O) groups excluding carboxylic acids is 1. The molecule has 2 aromatic rings. The van der Waals surface area contributed by atoms with Crippen molar-refractivity contribution in [2.24, 2.45) is 0 Å². The van der Waals surface area contributed by atoms with Gasteiger partial charge in [0.1, 0.15) is 0 Å². The number of hydrogen-bond donors (Lipinski definition) is 2. The van der Waals surface area contributed by atoms with E-state index in [0.717, 1.165) is 24.1 Å². The van der Waals surface area contributed by atoms with Crippen molar-refractivity contribution in [2.45, 2.75) is 37.1 Å². The maximum absolute atomic E-state index is 12.6. The molecule has 27 heavy (non-hydrogen) atoms. The number of carbonyl (C=O) groups is 1. The molecule has 1 aliphatic heterocycles. The molecule has 2 amide bonds. The van der Waals surface area contributed by atoms with Crippen molar-refractivity contribution in [3.05, 3.63) is 53.2 Å². The van der Waals surface area contributed by atoms with Crippen molar-refractivity contribution >= 4 is 11.8 Å². The van der Waals surface area contributed by atoms with E-state index in [-0.39, 0.29) is 6.03 Å². The van der Waals surface area contributed by atoms with Gasteiger partial charge in [-0.2, -0.15) is 10.4 Å². The van der Waals surface area contributed by atoms with E-state index in [1.165, 1.54) is 0 Å². The van der Waals surface area contributed by atoms with E-state index in [1.54, 1.807) is 18.2 Å². The topological polar surface area (TPSA) is 99.9 Å². The first-order valence-corrected chi connectivity index (χ1v) is 9.20. The third-order valence-electron chi connectivity index (χ3n) is 5.19. The van der Waals surface area contributed by atoms with E-state index < -0.39 is 5.54 Å². The van der Waals surface area contributed by atoms with Crippen molar-refractivity contribution in [1.29, 1.82) is 5.26 Å². The number of nitrogens with zero attached hydrogens (tertiary/aromatic N) is 3. The molecule has 1 aliphatic carbocycles. The van der Waals surface area contributed by atoms with E-state index in [4.69, 9.17) is 10.00 Å². The molecule has 0 spiro atoms. The smallest absolute Gasteiger partial charge is 0.321 e. The highest BCUT2D eigenvalue weighted by Crippen LogP contribution is 2.38. The number of hydrogen-bond acceptors (Lipinski definition) is 5. The highest BCUT2D eigenvalue weighted by Gasteiger charge is 2.36. The van der Waals surface area contributed by atoms with Crippen molar-refractivity contribution < 1.29 is 9.53 Å². The van der Waals surface area contributed by atoms with Gasteiger partial charge in [0, 0.05) is 19.1 Å². The Morgan fingerprint density at radius 1 is 1.11 bits per heavy atom. The summed E-state index contributed by atoms with van der Waals surface area (Å²) in [5, 5.41) is 23.2. The quantitative estimate of drug-likeness (QED) is 0.870. The summed E-state index contributed by atoms with van der Waals surface area (Å²) in [5.74, 6) is 0.959. The molecule has 2 aliphatic rings. The van der Waals surface area contributed by atoms with E-state index in [2.05, 4.69) is 26.9 Å². The van der Waals surface area contributed by atoms with Crippen molar-refractivity contribution in [3.63, 3.8) is 0 Å². The normalized spacial score (nSPS) is 18.3. The number of nitriles is 1. The van der Waals surface area contributed by atoms with Gasteiger partial charge in [-0.05, 0) is 55.5 Å². The van der Waals surface area contributed by atoms with Crippen molar-refractivity contribution in [3.8, 4) is 6.07 Å². The van der Waals surface area contributed by atoms with Crippen LogP contribution in [0.1, 0.15) is 48.4 Å². The van der Waals surface area contributed by atoms with Crippen LogP contribution in [0.25, 0.3) is 0 Å². The van der Waals surface area contributed by atoms with Crippen molar-refractivity contribution in [1.82, 2.24) is 15.5 Å². The standard InChI is InChI=1S/C20H21N5O2/c21-13-14-1-5-16(6-2-14)20(9-11-27-12-10-20)23-19(26)22-18-8-7-17(24-25-18)15-3-4-15/h1-2,5-8,15H,3-4,9-12H2,(H2,22,23,25,26). The third kappa shape index (κ3) is 3.91. The van der Waals surface area contributed by atoms with Crippen LogP contribution in [0.4, 0.5) is 10.6 Å². The SMILES string of the molecule is N#Cc1ccc(C2(NC(=O)Nc3ccc(C4CC4)nn3)CCOCC2)cc1. The van der Waals surface area contributed by atoms with E-state index in [9.17, 15) is 4.79 Å². The zero-order chi connectivity index (χ0) is 18.7. The second-order valence-electron chi connectivity index (χ2n) is 7.08. The Morgan fingerprint density at radius 3 is 2.44 bits per heavy atom. The predicted octanol–water partition coefficient (Wildman–Crippen LogP) is 3.05. The molecule has 1 aromatic heterocycles. The number of ether oxygens (including phenoxy) is 1. The molecular weight excluding hydrogens is 342 g/mol. The van der Waals surface area contributed by atoms with Crippen LogP contribution in [-0.4, -0.2) is 29.4 Å². The van der Waals surface area contributed by atoms with Crippen LogP contribution in [0.2, 0.25) is 0 Å². The predicted molar refractivity (Wildman–Crippen MR) is 99.0 cm³/mol. The summed E-state index contributed by atoms with van der Waals surface area (Å²) in [6.07, 6.45) is 3.66. The summed E-state index contributed by atoms with van der Waals surface area (Å²) in [5.41, 5.74) is 2.02. The summed E-state index contributed by atoms with van der Waals surface area (Å²) in [4.78, 5) is 12.6. The van der Waals surface area contributed by atoms with E-state index in [0.29, 0.717) is 43.4 Å². The molecule has 0 atom stereocenters. The zero-order valence-corrected chi connectivity index (χ0v) is 14.9. The minimum absolute atomic E-state index is 0.324. The number of anilines is 1. The van der Waals surface area contributed by atoms with Crippen LogP contribution in [0.5, 0.6) is 0 Å². The van der Waals surface area contributed by atoms with Gasteiger partial charge in [0.15, 0.2) is 5.82 Å². The number of nitrogens with one attached hydrogen (secondary N) is 2. The zero-order valence-electron chi connectivity index (χ0n) is 14.9. The van der Waals surface area contributed by atoms with Gasteiger partial charge >= 0.3 is 6.03 Å². The lowest BCUT2D eigenvalue weighted by atomic mass is 9.82. The Morgan fingerprint density at radius 2 is 1.85 bits per heavy atom. The Labute approximate surface area is 157 Å². The molecule has 2 heterocycles. The van der Waals surface area contributed by atoms with Gasteiger partial charge in [-0.25, -0.2) is 4.79 Å². The summed E-state index contributed by atoms with van der Waals surface area (Å²) in [6, 6.07) is 12.8. The first kappa shape index (κ1) is 17.4. The molecule has 0 unspecified atom stereocenters. The van der Waals surface area contributed by atoms with Crippen LogP contribution in [0.15, 0.2) is 36.4 Å². The lowest BCUT2D eigenvalue weighted by molar-refractivity contribution is 0.0418. The fourth-order valence-electron chi connectivity index (χ4n) is 3.44. The molecule has 7 nitrogen and oxygen atoms in total. The fourth-order valence-corrected chi connectivity index (χ4v) is 3.44.